The lowest BCUT2D eigenvalue weighted by atomic mass is 10.0. The first-order valence-corrected chi connectivity index (χ1v) is 8.68. The smallest absolute Gasteiger partial charge is 0.321 e. The van der Waals surface area contributed by atoms with Gasteiger partial charge in [0.1, 0.15) is 11.1 Å². The van der Waals surface area contributed by atoms with Crippen LogP contribution in [0.15, 0.2) is 47.3 Å². The number of rotatable bonds is 2. The van der Waals surface area contributed by atoms with Crippen LogP contribution in [0.1, 0.15) is 5.56 Å². The molecule has 0 unspecified atom stereocenters. The molecule has 3 aromatic rings. The molecular formula is C16H10F4NO4P. The van der Waals surface area contributed by atoms with Crippen molar-refractivity contribution in [2.45, 2.75) is 6.18 Å². The molecule has 3 N–H and O–H groups in total. The fraction of sp³-hybridized carbons (Fsp3) is 0.0625. The summed E-state index contributed by atoms with van der Waals surface area (Å²) in [6, 6.07) is 6.84. The van der Waals surface area contributed by atoms with E-state index in [0.717, 1.165) is 36.4 Å². The molecule has 1 heterocycles. The Morgan fingerprint density at radius 1 is 1.00 bits per heavy atom. The van der Waals surface area contributed by atoms with Crippen molar-refractivity contribution >= 4 is 23.8 Å². The number of aromatic nitrogens is 1. The van der Waals surface area contributed by atoms with Crippen molar-refractivity contribution in [3.8, 4) is 11.1 Å². The van der Waals surface area contributed by atoms with E-state index in [0.29, 0.717) is 0 Å². The highest BCUT2D eigenvalue weighted by atomic mass is 31.2. The number of alkyl halides is 3. The topological polar surface area (TPSA) is 90.4 Å². The number of hydrogen-bond donors (Lipinski definition) is 3. The molecule has 0 fully saturated rings. The van der Waals surface area contributed by atoms with Gasteiger partial charge in [0, 0.05) is 5.56 Å². The standard InChI is InChI=1S/C16H10F4NO4P/c17-12-7-13-9(6-14(15(22)21-13)26(23,24)25)5-11(12)8-1-3-10(4-2-8)16(18,19)20/h1-7H,(H,21,22)(H2,23,24,25). The maximum Gasteiger partial charge on any atom is 0.416 e. The highest BCUT2D eigenvalue weighted by Crippen LogP contribution is 2.34. The van der Waals surface area contributed by atoms with Crippen molar-refractivity contribution in [1.82, 2.24) is 4.98 Å². The van der Waals surface area contributed by atoms with Crippen LogP contribution in [0, 0.1) is 5.82 Å². The first-order valence-electron chi connectivity index (χ1n) is 7.07. The maximum atomic E-state index is 14.3. The summed E-state index contributed by atoms with van der Waals surface area (Å²) in [5.74, 6) is -0.808. The van der Waals surface area contributed by atoms with E-state index in [9.17, 15) is 36.7 Å². The van der Waals surface area contributed by atoms with Crippen LogP contribution in [0.5, 0.6) is 0 Å². The fourth-order valence-electron chi connectivity index (χ4n) is 2.49. The Bertz CT molecular complexity index is 1100. The van der Waals surface area contributed by atoms with Crippen LogP contribution >= 0.6 is 7.60 Å². The lowest BCUT2D eigenvalue weighted by molar-refractivity contribution is -0.137. The van der Waals surface area contributed by atoms with E-state index in [1.807, 2.05) is 0 Å². The van der Waals surface area contributed by atoms with Gasteiger partial charge in [-0.25, -0.2) is 4.39 Å². The van der Waals surface area contributed by atoms with Crippen LogP contribution in [0.4, 0.5) is 17.6 Å². The van der Waals surface area contributed by atoms with Gasteiger partial charge in [-0.15, -0.1) is 0 Å². The molecule has 0 radical (unpaired) electrons. The summed E-state index contributed by atoms with van der Waals surface area (Å²) in [5, 5.41) is -0.658. The predicted octanol–water partition coefficient (Wildman–Crippen LogP) is 3.16. The van der Waals surface area contributed by atoms with E-state index in [1.165, 1.54) is 6.07 Å². The Balaban J connectivity index is 2.18. The lowest BCUT2D eigenvalue weighted by Crippen LogP contribution is -2.26. The molecule has 10 heteroatoms. The van der Waals surface area contributed by atoms with E-state index in [4.69, 9.17) is 0 Å². The molecule has 0 atom stereocenters. The van der Waals surface area contributed by atoms with E-state index < -0.39 is 36.0 Å². The van der Waals surface area contributed by atoms with Gasteiger partial charge in [-0.3, -0.25) is 9.36 Å². The first-order chi connectivity index (χ1) is 12.0. The number of halogens is 4. The zero-order valence-corrected chi connectivity index (χ0v) is 13.6. The average Bonchev–Trinajstić information content (AvgIpc) is 2.52. The molecular weight excluding hydrogens is 377 g/mol. The number of pyridine rings is 1. The van der Waals surface area contributed by atoms with Crippen molar-refractivity contribution in [1.29, 1.82) is 0 Å². The molecule has 0 saturated carbocycles. The van der Waals surface area contributed by atoms with E-state index in [-0.39, 0.29) is 22.0 Å². The second-order valence-electron chi connectivity index (χ2n) is 5.52. The molecule has 0 aliphatic carbocycles. The van der Waals surface area contributed by atoms with E-state index in [2.05, 4.69) is 4.98 Å². The summed E-state index contributed by atoms with van der Waals surface area (Å²) < 4.78 is 63.5. The Labute approximate surface area is 143 Å². The Morgan fingerprint density at radius 3 is 2.15 bits per heavy atom. The van der Waals surface area contributed by atoms with Gasteiger partial charge in [0.2, 0.25) is 0 Å². The molecule has 0 saturated heterocycles. The zero-order chi connectivity index (χ0) is 19.3. The fourth-order valence-corrected chi connectivity index (χ4v) is 3.12. The van der Waals surface area contributed by atoms with Gasteiger partial charge in [0.25, 0.3) is 5.56 Å². The summed E-state index contributed by atoms with van der Waals surface area (Å²) in [7, 11) is -4.85. The van der Waals surface area contributed by atoms with E-state index >= 15 is 0 Å². The average molecular weight is 387 g/mol. The predicted molar refractivity (Wildman–Crippen MR) is 86.6 cm³/mol. The quantitative estimate of drug-likeness (QED) is 0.466. The van der Waals surface area contributed by atoms with Gasteiger partial charge >= 0.3 is 13.8 Å². The number of fused-ring (bicyclic) bond motifs is 1. The third-order valence-electron chi connectivity index (χ3n) is 3.75. The van der Waals surface area contributed by atoms with Gasteiger partial charge in [0.05, 0.1) is 11.1 Å². The van der Waals surface area contributed by atoms with Crippen LogP contribution in [-0.2, 0) is 10.7 Å². The third-order valence-corrected chi connectivity index (χ3v) is 4.71. The van der Waals surface area contributed by atoms with Crippen molar-refractivity contribution < 1.29 is 31.9 Å². The Kier molecular flexibility index (Phi) is 4.26. The van der Waals surface area contributed by atoms with Crippen LogP contribution in [0.3, 0.4) is 0 Å². The zero-order valence-electron chi connectivity index (χ0n) is 12.7. The maximum absolute atomic E-state index is 14.3. The van der Waals surface area contributed by atoms with Crippen LogP contribution in [0.25, 0.3) is 22.0 Å². The van der Waals surface area contributed by atoms with Gasteiger partial charge in [-0.1, -0.05) is 12.1 Å². The normalized spacial score (nSPS) is 12.5. The number of nitrogens with one attached hydrogen (secondary N) is 1. The van der Waals surface area contributed by atoms with Crippen LogP contribution < -0.4 is 10.9 Å². The largest absolute Gasteiger partial charge is 0.416 e. The summed E-state index contributed by atoms with van der Waals surface area (Å²) in [5.41, 5.74) is -1.88. The highest BCUT2D eigenvalue weighted by Gasteiger charge is 2.30. The van der Waals surface area contributed by atoms with Gasteiger partial charge in [-0.05, 0) is 41.3 Å². The van der Waals surface area contributed by atoms with Crippen molar-refractivity contribution in [2.24, 2.45) is 0 Å². The molecule has 0 aliphatic rings. The molecule has 26 heavy (non-hydrogen) atoms. The number of hydrogen-bond acceptors (Lipinski definition) is 2. The molecule has 1 aromatic heterocycles. The molecule has 0 amide bonds. The molecule has 136 valence electrons. The van der Waals surface area contributed by atoms with E-state index in [1.54, 1.807) is 0 Å². The monoisotopic (exact) mass is 387 g/mol. The SMILES string of the molecule is O=c1[nH]c2cc(F)c(-c3ccc(C(F)(F)F)cc3)cc2cc1P(=O)(O)O. The molecule has 5 nitrogen and oxygen atoms in total. The summed E-state index contributed by atoms with van der Waals surface area (Å²) in [6.07, 6.45) is -4.53. The number of benzene rings is 2. The molecule has 0 aliphatic heterocycles. The second kappa shape index (κ2) is 6.05. The summed E-state index contributed by atoms with van der Waals surface area (Å²) in [4.78, 5) is 32.3. The molecule has 2 aromatic carbocycles. The minimum absolute atomic E-state index is 0.000335. The second-order valence-corrected chi connectivity index (χ2v) is 7.09. The highest BCUT2D eigenvalue weighted by molar-refractivity contribution is 7.60. The summed E-state index contributed by atoms with van der Waals surface area (Å²) in [6.45, 7) is 0. The third kappa shape index (κ3) is 3.41. The van der Waals surface area contributed by atoms with Gasteiger partial charge in [0.15, 0.2) is 0 Å². The number of aromatic amines is 1. The minimum Gasteiger partial charge on any atom is -0.321 e. The van der Waals surface area contributed by atoms with Crippen molar-refractivity contribution in [3.05, 3.63) is 64.2 Å². The van der Waals surface area contributed by atoms with Crippen molar-refractivity contribution in [3.63, 3.8) is 0 Å². The molecule has 3 rings (SSSR count). The lowest BCUT2D eigenvalue weighted by Gasteiger charge is -2.10. The number of H-pyrrole nitrogens is 1. The first kappa shape index (κ1) is 18.3. The molecule has 0 bridgehead atoms. The van der Waals surface area contributed by atoms with Gasteiger partial charge in [-0.2, -0.15) is 13.2 Å². The van der Waals surface area contributed by atoms with Crippen LogP contribution in [-0.4, -0.2) is 14.8 Å². The molecule has 0 spiro atoms. The Hall–Kier alpha value is -2.48. The minimum atomic E-state index is -4.85. The van der Waals surface area contributed by atoms with Crippen molar-refractivity contribution in [2.75, 3.05) is 0 Å². The summed E-state index contributed by atoms with van der Waals surface area (Å²) >= 11 is 0. The van der Waals surface area contributed by atoms with Crippen LogP contribution in [0.2, 0.25) is 0 Å². The van der Waals surface area contributed by atoms with Gasteiger partial charge < -0.3 is 14.8 Å². The Morgan fingerprint density at radius 2 is 1.62 bits per heavy atom.